The number of nitrogens with zero attached hydrogens (tertiary/aromatic N) is 2. The average molecular weight is 345 g/mol. The molecule has 1 heterocycles. The smallest absolute Gasteiger partial charge is 0.270 e. The fraction of sp³-hybridized carbons (Fsp3) is 0.100. The van der Waals surface area contributed by atoms with E-state index in [0.717, 1.165) is 22.9 Å². The van der Waals surface area contributed by atoms with E-state index in [1.54, 1.807) is 12.3 Å². The number of aryl methyl sites for hydroxylation is 1. The van der Waals surface area contributed by atoms with Crippen LogP contribution in [-0.4, -0.2) is 15.7 Å². The molecule has 0 radical (unpaired) electrons. The maximum absolute atomic E-state index is 12.8. The van der Waals surface area contributed by atoms with Crippen LogP contribution in [0.15, 0.2) is 54.2 Å². The van der Waals surface area contributed by atoms with E-state index in [1.165, 1.54) is 24.3 Å². The Bertz CT molecular complexity index is 1090. The molecule has 0 amide bonds. The number of allylic oxidation sites excluding steroid dienone is 1. The Morgan fingerprint density at radius 2 is 2.08 bits per heavy atom. The normalized spacial score (nSPS) is 11.3. The molecular formula is C20H15N3O3. The van der Waals surface area contributed by atoms with E-state index in [-0.39, 0.29) is 11.3 Å². The van der Waals surface area contributed by atoms with Crippen molar-refractivity contribution in [1.82, 2.24) is 4.98 Å². The number of H-pyrrole nitrogens is 1. The molecule has 3 rings (SSSR count). The molecule has 0 saturated carbocycles. The molecule has 0 aliphatic rings. The minimum Gasteiger partial charge on any atom is -0.360 e. The second-order valence-corrected chi connectivity index (χ2v) is 5.75. The second-order valence-electron chi connectivity index (χ2n) is 5.75. The van der Waals surface area contributed by atoms with Gasteiger partial charge in [-0.1, -0.05) is 37.3 Å². The third-order valence-electron chi connectivity index (χ3n) is 4.18. The zero-order valence-corrected chi connectivity index (χ0v) is 14.0. The number of fused-ring (bicyclic) bond motifs is 1. The van der Waals surface area contributed by atoms with Gasteiger partial charge in [-0.05, 0) is 23.6 Å². The lowest BCUT2D eigenvalue weighted by atomic mass is 10.00. The van der Waals surface area contributed by atoms with Crippen LogP contribution in [-0.2, 0) is 6.42 Å². The van der Waals surface area contributed by atoms with E-state index >= 15 is 0 Å². The van der Waals surface area contributed by atoms with Gasteiger partial charge in [0.15, 0.2) is 0 Å². The van der Waals surface area contributed by atoms with Gasteiger partial charge in [0.1, 0.15) is 11.6 Å². The molecular weight excluding hydrogens is 330 g/mol. The van der Waals surface area contributed by atoms with Gasteiger partial charge in [0.05, 0.1) is 4.92 Å². The number of nitro groups is 1. The third kappa shape index (κ3) is 3.10. The number of para-hydroxylation sites is 1. The number of aromatic amines is 1. The molecule has 3 aromatic rings. The van der Waals surface area contributed by atoms with E-state index in [0.29, 0.717) is 11.1 Å². The molecule has 0 aliphatic heterocycles. The van der Waals surface area contributed by atoms with E-state index in [2.05, 4.69) is 4.98 Å². The first kappa shape index (κ1) is 17.1. The molecule has 0 fully saturated rings. The van der Waals surface area contributed by atoms with Crippen LogP contribution in [0.2, 0.25) is 0 Å². The van der Waals surface area contributed by atoms with Crippen molar-refractivity contribution in [3.05, 3.63) is 81.0 Å². The van der Waals surface area contributed by atoms with Gasteiger partial charge < -0.3 is 4.98 Å². The lowest BCUT2D eigenvalue weighted by Gasteiger charge is -2.01. The number of non-ortho nitro benzene ring substituents is 1. The highest BCUT2D eigenvalue weighted by Crippen LogP contribution is 2.25. The first-order valence-electron chi connectivity index (χ1n) is 8.05. The lowest BCUT2D eigenvalue weighted by Crippen LogP contribution is -2.01. The van der Waals surface area contributed by atoms with Gasteiger partial charge in [-0.15, -0.1) is 0 Å². The van der Waals surface area contributed by atoms with Crippen molar-refractivity contribution >= 4 is 28.4 Å². The summed E-state index contributed by atoms with van der Waals surface area (Å²) in [5, 5.41) is 21.1. The molecule has 26 heavy (non-hydrogen) atoms. The summed E-state index contributed by atoms with van der Waals surface area (Å²) >= 11 is 0. The van der Waals surface area contributed by atoms with Gasteiger partial charge in [0, 0.05) is 34.8 Å². The zero-order chi connectivity index (χ0) is 18.7. The highest BCUT2D eigenvalue weighted by Gasteiger charge is 2.18. The van der Waals surface area contributed by atoms with Crippen molar-refractivity contribution in [3.63, 3.8) is 0 Å². The minimum atomic E-state index is -0.517. The number of ketones is 1. The number of Topliss-reactive ketones (excluding diaryl/α,β-unsaturated/α-hetero) is 1. The van der Waals surface area contributed by atoms with Crippen LogP contribution in [0.3, 0.4) is 0 Å². The van der Waals surface area contributed by atoms with Crippen molar-refractivity contribution in [1.29, 1.82) is 5.26 Å². The molecule has 0 unspecified atom stereocenters. The van der Waals surface area contributed by atoms with Gasteiger partial charge in [0.2, 0.25) is 5.78 Å². The summed E-state index contributed by atoms with van der Waals surface area (Å²) in [5.41, 5.74) is 2.64. The molecule has 1 aromatic heterocycles. The van der Waals surface area contributed by atoms with Crippen molar-refractivity contribution in [2.24, 2.45) is 0 Å². The van der Waals surface area contributed by atoms with Crippen molar-refractivity contribution in [2.75, 3.05) is 0 Å². The number of carbonyl (C=O) groups excluding carboxylic acids is 1. The SMILES string of the molecule is CCc1cccc2c(C(=O)/C(C#N)=C/c3cccc([N+](=O)[O-])c3)c[nH]c12. The molecule has 0 atom stereocenters. The molecule has 128 valence electrons. The average Bonchev–Trinajstić information content (AvgIpc) is 3.10. The number of nitriles is 1. The predicted octanol–water partition coefficient (Wildman–Crippen LogP) is 4.43. The van der Waals surface area contributed by atoms with E-state index < -0.39 is 10.7 Å². The summed E-state index contributed by atoms with van der Waals surface area (Å²) in [7, 11) is 0. The van der Waals surface area contributed by atoms with Crippen molar-refractivity contribution in [2.45, 2.75) is 13.3 Å². The maximum Gasteiger partial charge on any atom is 0.270 e. The number of benzene rings is 2. The quantitative estimate of drug-likeness (QED) is 0.243. The van der Waals surface area contributed by atoms with Gasteiger partial charge in [0.25, 0.3) is 5.69 Å². The Kier molecular flexibility index (Phi) is 4.63. The van der Waals surface area contributed by atoms with Crippen LogP contribution >= 0.6 is 0 Å². The first-order valence-corrected chi connectivity index (χ1v) is 8.05. The van der Waals surface area contributed by atoms with Crippen LogP contribution in [0.1, 0.15) is 28.4 Å². The number of hydrogen-bond acceptors (Lipinski definition) is 4. The highest BCUT2D eigenvalue weighted by atomic mass is 16.6. The van der Waals surface area contributed by atoms with Crippen molar-refractivity contribution < 1.29 is 9.72 Å². The second kappa shape index (κ2) is 7.03. The van der Waals surface area contributed by atoms with Crippen LogP contribution in [0.5, 0.6) is 0 Å². The van der Waals surface area contributed by atoms with Crippen LogP contribution in [0.4, 0.5) is 5.69 Å². The standard InChI is InChI=1S/C20H15N3O3/c1-2-14-6-4-8-17-18(12-22-19(14)17)20(24)15(11-21)9-13-5-3-7-16(10-13)23(25)26/h3-10,12,22H,2H2,1H3/b15-9+. The number of rotatable bonds is 5. The van der Waals surface area contributed by atoms with Crippen LogP contribution < -0.4 is 0 Å². The summed E-state index contributed by atoms with van der Waals surface area (Å²) < 4.78 is 0. The monoisotopic (exact) mass is 345 g/mol. The first-order chi connectivity index (χ1) is 12.5. The third-order valence-corrected chi connectivity index (χ3v) is 4.18. The summed E-state index contributed by atoms with van der Waals surface area (Å²) in [6, 6.07) is 13.4. The van der Waals surface area contributed by atoms with Crippen molar-refractivity contribution in [3.8, 4) is 6.07 Å². The topological polar surface area (TPSA) is 99.8 Å². The summed E-state index contributed by atoms with van der Waals surface area (Å²) in [5.74, 6) is -0.418. The summed E-state index contributed by atoms with van der Waals surface area (Å²) in [6.07, 6.45) is 3.79. The molecule has 2 aromatic carbocycles. The Balaban J connectivity index is 2.04. The number of hydrogen-bond donors (Lipinski definition) is 1. The molecule has 0 aliphatic carbocycles. The van der Waals surface area contributed by atoms with E-state index in [9.17, 15) is 20.2 Å². The Hall–Kier alpha value is -3.72. The van der Waals surface area contributed by atoms with Gasteiger partial charge in [-0.2, -0.15) is 5.26 Å². The summed E-state index contributed by atoms with van der Waals surface area (Å²) in [6.45, 7) is 2.03. The predicted molar refractivity (Wildman–Crippen MR) is 98.7 cm³/mol. The minimum absolute atomic E-state index is 0.0756. The Morgan fingerprint density at radius 1 is 1.31 bits per heavy atom. The summed E-state index contributed by atoms with van der Waals surface area (Å²) in [4.78, 5) is 26.3. The fourth-order valence-electron chi connectivity index (χ4n) is 2.89. The Morgan fingerprint density at radius 3 is 2.77 bits per heavy atom. The van der Waals surface area contributed by atoms with Gasteiger partial charge in [-0.25, -0.2) is 0 Å². The van der Waals surface area contributed by atoms with Gasteiger partial charge >= 0.3 is 0 Å². The number of nitro benzene ring substituents is 1. The molecule has 0 saturated heterocycles. The van der Waals surface area contributed by atoms with Crippen LogP contribution in [0.25, 0.3) is 17.0 Å². The van der Waals surface area contributed by atoms with E-state index in [1.807, 2.05) is 31.2 Å². The number of nitrogens with one attached hydrogen (secondary N) is 1. The Labute approximate surface area is 149 Å². The van der Waals surface area contributed by atoms with Gasteiger partial charge in [-0.3, -0.25) is 14.9 Å². The fourth-order valence-corrected chi connectivity index (χ4v) is 2.89. The molecule has 1 N–H and O–H groups in total. The maximum atomic E-state index is 12.8. The molecule has 0 bridgehead atoms. The zero-order valence-electron chi connectivity index (χ0n) is 14.0. The number of carbonyl (C=O) groups is 1. The van der Waals surface area contributed by atoms with E-state index in [4.69, 9.17) is 0 Å². The van der Waals surface area contributed by atoms with Crippen LogP contribution in [0, 0.1) is 21.4 Å². The molecule has 0 spiro atoms. The highest BCUT2D eigenvalue weighted by molar-refractivity contribution is 6.20. The number of aromatic nitrogens is 1. The lowest BCUT2D eigenvalue weighted by molar-refractivity contribution is -0.384. The molecule has 6 heteroatoms. The largest absolute Gasteiger partial charge is 0.360 e. The molecule has 6 nitrogen and oxygen atoms in total.